The zero-order valence-electron chi connectivity index (χ0n) is 10.0. The number of benzene rings is 2. The molecule has 0 atom stereocenters. The molecule has 0 saturated carbocycles. The van der Waals surface area contributed by atoms with Gasteiger partial charge in [-0.2, -0.15) is 0 Å². The summed E-state index contributed by atoms with van der Waals surface area (Å²) in [5.74, 6) is -0.739. The molecule has 2 rings (SSSR count). The summed E-state index contributed by atoms with van der Waals surface area (Å²) in [5, 5.41) is 7.64. The molecule has 0 N–H and O–H groups in total. The fraction of sp³-hybridized carbons (Fsp3) is 0. The van der Waals surface area contributed by atoms with Gasteiger partial charge in [0.15, 0.2) is 10.3 Å². The van der Waals surface area contributed by atoms with E-state index in [4.69, 9.17) is 23.2 Å². The fourth-order valence-corrected chi connectivity index (χ4v) is 1.71. The third-order valence-electron chi connectivity index (χ3n) is 2.39. The second kappa shape index (κ2) is 6.59. The van der Waals surface area contributed by atoms with Gasteiger partial charge in [-0.1, -0.05) is 23.2 Å². The standard InChI is InChI=1S/C14H8Cl2F2N2/c15-13(9-1-5-11(17)6-2-9)19-20-14(16)10-3-7-12(18)8-4-10/h1-8H. The van der Waals surface area contributed by atoms with Crippen molar-refractivity contribution < 1.29 is 8.78 Å². The van der Waals surface area contributed by atoms with Crippen molar-refractivity contribution in [3.05, 3.63) is 71.3 Å². The van der Waals surface area contributed by atoms with Crippen LogP contribution >= 0.6 is 23.2 Å². The molecule has 0 radical (unpaired) electrons. The van der Waals surface area contributed by atoms with Crippen LogP contribution in [0.4, 0.5) is 8.78 Å². The predicted octanol–water partition coefficient (Wildman–Crippen LogP) is 4.55. The van der Waals surface area contributed by atoms with Crippen LogP contribution in [0.2, 0.25) is 0 Å². The van der Waals surface area contributed by atoms with Crippen molar-refractivity contribution in [1.82, 2.24) is 0 Å². The molecule has 0 aliphatic heterocycles. The monoisotopic (exact) mass is 312 g/mol. The van der Waals surface area contributed by atoms with E-state index in [0.717, 1.165) is 0 Å². The Kier molecular flexibility index (Phi) is 4.82. The molecule has 2 aromatic carbocycles. The Labute approximate surface area is 124 Å². The highest BCUT2D eigenvalue weighted by Crippen LogP contribution is 2.10. The first-order valence-corrected chi connectivity index (χ1v) is 6.30. The van der Waals surface area contributed by atoms with Gasteiger partial charge in [0.05, 0.1) is 0 Å². The molecule has 6 heteroatoms. The van der Waals surface area contributed by atoms with Crippen molar-refractivity contribution in [2.45, 2.75) is 0 Å². The number of rotatable bonds is 3. The van der Waals surface area contributed by atoms with Crippen molar-refractivity contribution in [2.24, 2.45) is 10.2 Å². The lowest BCUT2D eigenvalue weighted by molar-refractivity contribution is 0.627. The molecular weight excluding hydrogens is 305 g/mol. The first-order chi connectivity index (χ1) is 9.56. The minimum atomic E-state index is -0.369. The van der Waals surface area contributed by atoms with Crippen LogP contribution in [-0.4, -0.2) is 10.3 Å². The Morgan fingerprint density at radius 3 is 1.25 bits per heavy atom. The molecule has 102 valence electrons. The first-order valence-electron chi connectivity index (χ1n) is 5.55. The van der Waals surface area contributed by atoms with Gasteiger partial charge in [0.2, 0.25) is 0 Å². The van der Waals surface area contributed by atoms with Crippen LogP contribution in [0, 0.1) is 11.6 Å². The normalized spacial score (nSPS) is 12.6. The minimum absolute atomic E-state index is 0.0743. The number of hydrogen-bond acceptors (Lipinski definition) is 2. The van der Waals surface area contributed by atoms with Gasteiger partial charge in [-0.25, -0.2) is 8.78 Å². The van der Waals surface area contributed by atoms with Crippen molar-refractivity contribution in [1.29, 1.82) is 0 Å². The molecule has 0 unspecified atom stereocenters. The van der Waals surface area contributed by atoms with Crippen molar-refractivity contribution in [2.75, 3.05) is 0 Å². The highest BCUT2D eigenvalue weighted by molar-refractivity contribution is 6.71. The summed E-state index contributed by atoms with van der Waals surface area (Å²) in [6.07, 6.45) is 0. The van der Waals surface area contributed by atoms with E-state index in [9.17, 15) is 8.78 Å². The molecule has 0 aliphatic rings. The fourth-order valence-electron chi connectivity index (χ4n) is 1.38. The van der Waals surface area contributed by atoms with Crippen LogP contribution in [0.25, 0.3) is 0 Å². The second-order valence-corrected chi connectivity index (χ2v) is 4.51. The maximum atomic E-state index is 12.8. The number of nitrogens with zero attached hydrogens (tertiary/aromatic N) is 2. The van der Waals surface area contributed by atoms with Gasteiger partial charge >= 0.3 is 0 Å². The Morgan fingerprint density at radius 1 is 0.650 bits per heavy atom. The van der Waals surface area contributed by atoms with Gasteiger partial charge in [-0.15, -0.1) is 10.2 Å². The van der Waals surface area contributed by atoms with Crippen LogP contribution in [0.15, 0.2) is 58.7 Å². The maximum Gasteiger partial charge on any atom is 0.158 e. The van der Waals surface area contributed by atoms with Crippen molar-refractivity contribution in [3.63, 3.8) is 0 Å². The van der Waals surface area contributed by atoms with Crippen molar-refractivity contribution >= 4 is 33.5 Å². The molecule has 0 spiro atoms. The second-order valence-electron chi connectivity index (χ2n) is 3.80. The summed E-state index contributed by atoms with van der Waals surface area (Å²) in [6.45, 7) is 0. The SMILES string of the molecule is Fc1ccc(C(Cl)=NN=C(Cl)c2ccc(F)cc2)cc1. The van der Waals surface area contributed by atoms with Crippen LogP contribution in [-0.2, 0) is 0 Å². The molecule has 0 aliphatic carbocycles. The molecule has 0 heterocycles. The molecule has 0 amide bonds. The van der Waals surface area contributed by atoms with E-state index in [1.807, 2.05) is 0 Å². The molecule has 2 aromatic rings. The predicted molar refractivity (Wildman–Crippen MR) is 77.6 cm³/mol. The highest BCUT2D eigenvalue weighted by atomic mass is 35.5. The molecule has 0 bridgehead atoms. The molecule has 0 aromatic heterocycles. The van der Waals surface area contributed by atoms with Gasteiger partial charge < -0.3 is 0 Å². The third kappa shape index (κ3) is 3.85. The Bertz CT molecular complexity index is 590. The first kappa shape index (κ1) is 14.6. The Morgan fingerprint density at radius 2 is 0.950 bits per heavy atom. The Balaban J connectivity index is 2.19. The summed E-state index contributed by atoms with van der Waals surface area (Å²) in [6, 6.07) is 10.9. The minimum Gasteiger partial charge on any atom is -0.207 e. The lowest BCUT2D eigenvalue weighted by Crippen LogP contribution is -1.93. The van der Waals surface area contributed by atoms with E-state index in [1.165, 1.54) is 48.5 Å². The summed E-state index contributed by atoms with van der Waals surface area (Å²) in [7, 11) is 0. The highest BCUT2D eigenvalue weighted by Gasteiger charge is 2.02. The van der Waals surface area contributed by atoms with E-state index in [0.29, 0.717) is 11.1 Å². The van der Waals surface area contributed by atoms with Crippen molar-refractivity contribution in [3.8, 4) is 0 Å². The average molecular weight is 313 g/mol. The zero-order valence-corrected chi connectivity index (χ0v) is 11.5. The maximum absolute atomic E-state index is 12.8. The summed E-state index contributed by atoms with van der Waals surface area (Å²) in [5.41, 5.74) is 1.03. The Hall–Kier alpha value is -1.78. The van der Waals surface area contributed by atoms with E-state index in [2.05, 4.69) is 10.2 Å². The van der Waals surface area contributed by atoms with Crippen LogP contribution in [0.3, 0.4) is 0 Å². The quantitative estimate of drug-likeness (QED) is 0.586. The van der Waals surface area contributed by atoms with E-state index >= 15 is 0 Å². The summed E-state index contributed by atoms with van der Waals surface area (Å²) in [4.78, 5) is 0. The molecule has 20 heavy (non-hydrogen) atoms. The van der Waals surface area contributed by atoms with Gasteiger partial charge in [0.25, 0.3) is 0 Å². The molecular formula is C14H8Cl2F2N2. The van der Waals surface area contributed by atoms with E-state index in [1.54, 1.807) is 0 Å². The lowest BCUT2D eigenvalue weighted by atomic mass is 10.2. The van der Waals surface area contributed by atoms with E-state index in [-0.39, 0.29) is 22.0 Å². The smallest absolute Gasteiger partial charge is 0.158 e. The average Bonchev–Trinajstić information content (AvgIpc) is 2.46. The summed E-state index contributed by atoms with van der Waals surface area (Å²) < 4.78 is 25.5. The topological polar surface area (TPSA) is 24.7 Å². The van der Waals surface area contributed by atoms with Crippen LogP contribution in [0.1, 0.15) is 11.1 Å². The third-order valence-corrected chi connectivity index (χ3v) is 2.98. The van der Waals surface area contributed by atoms with Gasteiger partial charge in [0.1, 0.15) is 11.6 Å². The molecule has 0 fully saturated rings. The van der Waals surface area contributed by atoms with Gasteiger partial charge in [-0.05, 0) is 48.5 Å². The number of halogens is 4. The number of hydrogen-bond donors (Lipinski definition) is 0. The zero-order chi connectivity index (χ0) is 14.5. The molecule has 0 saturated heterocycles. The molecule has 2 nitrogen and oxygen atoms in total. The van der Waals surface area contributed by atoms with Gasteiger partial charge in [-0.3, -0.25) is 0 Å². The lowest BCUT2D eigenvalue weighted by Gasteiger charge is -1.98. The largest absolute Gasteiger partial charge is 0.207 e. The summed E-state index contributed by atoms with van der Waals surface area (Å²) >= 11 is 11.8. The van der Waals surface area contributed by atoms with Gasteiger partial charge in [0, 0.05) is 11.1 Å². The van der Waals surface area contributed by atoms with Crippen LogP contribution < -0.4 is 0 Å². The van der Waals surface area contributed by atoms with Crippen LogP contribution in [0.5, 0.6) is 0 Å². The van der Waals surface area contributed by atoms with E-state index < -0.39 is 0 Å².